The van der Waals surface area contributed by atoms with Crippen molar-refractivity contribution in [3.05, 3.63) is 53.6 Å². The fraction of sp³-hybridized carbons (Fsp3) is 0.435. The van der Waals surface area contributed by atoms with Gasteiger partial charge in [0.05, 0.1) is 24.9 Å². The monoisotopic (exact) mass is 431 g/mol. The van der Waals surface area contributed by atoms with Gasteiger partial charge in [0.25, 0.3) is 5.91 Å². The minimum atomic E-state index is -1.39. The number of aryl methyl sites for hydroxylation is 1. The van der Waals surface area contributed by atoms with Gasteiger partial charge in [0.15, 0.2) is 0 Å². The van der Waals surface area contributed by atoms with Crippen LogP contribution < -0.4 is 10.1 Å². The highest BCUT2D eigenvalue weighted by molar-refractivity contribution is 5.95. The van der Waals surface area contributed by atoms with Gasteiger partial charge in [0, 0.05) is 18.5 Å². The third-order valence-corrected chi connectivity index (χ3v) is 5.57. The van der Waals surface area contributed by atoms with Gasteiger partial charge in [-0.05, 0) is 54.8 Å². The Morgan fingerprint density at radius 3 is 2.48 bits per heavy atom. The maximum absolute atomic E-state index is 11.9. The molecule has 168 valence electrons. The molecule has 2 aromatic carbocycles. The Morgan fingerprint density at radius 1 is 1.16 bits per heavy atom. The standard InChI is InChI=1S/C23H29NO7/c1-12-9-15(14-5-4-6-16(10-14)22(29)24-3)7-8-18(12)30-23-20(28)19(27)17(11-25)21(31-23)13(2)26/h4-10,13,17,19-21,23,25-28H,11H2,1-3H3,(H,24,29)/t13-,17-,19-,20-,21+,23-/m0/s1. The van der Waals surface area contributed by atoms with E-state index in [0.717, 1.165) is 16.7 Å². The zero-order valence-electron chi connectivity index (χ0n) is 17.7. The van der Waals surface area contributed by atoms with Crippen LogP contribution in [0.5, 0.6) is 5.75 Å². The van der Waals surface area contributed by atoms with Crippen molar-refractivity contribution in [3.8, 4) is 16.9 Å². The Kier molecular flexibility index (Phi) is 7.30. The van der Waals surface area contributed by atoms with Crippen LogP contribution in [0.1, 0.15) is 22.8 Å². The number of ether oxygens (including phenoxy) is 2. The van der Waals surface area contributed by atoms with Gasteiger partial charge in [-0.15, -0.1) is 0 Å². The Hall–Kier alpha value is -2.49. The van der Waals surface area contributed by atoms with Crippen molar-refractivity contribution < 1.29 is 34.7 Å². The molecule has 0 aliphatic carbocycles. The summed E-state index contributed by atoms with van der Waals surface area (Å²) in [5.41, 5.74) is 3.04. The predicted molar refractivity (Wildman–Crippen MR) is 114 cm³/mol. The molecule has 1 amide bonds. The minimum Gasteiger partial charge on any atom is -0.462 e. The molecule has 0 unspecified atom stereocenters. The van der Waals surface area contributed by atoms with Crippen LogP contribution >= 0.6 is 0 Å². The first kappa shape index (κ1) is 23.2. The van der Waals surface area contributed by atoms with Crippen molar-refractivity contribution in [2.75, 3.05) is 13.7 Å². The Morgan fingerprint density at radius 2 is 1.87 bits per heavy atom. The summed E-state index contributed by atoms with van der Waals surface area (Å²) >= 11 is 0. The zero-order chi connectivity index (χ0) is 22.7. The van der Waals surface area contributed by atoms with Gasteiger partial charge in [-0.1, -0.05) is 18.2 Å². The van der Waals surface area contributed by atoms with Crippen LogP contribution in [0.3, 0.4) is 0 Å². The summed E-state index contributed by atoms with van der Waals surface area (Å²) in [7, 11) is 1.58. The smallest absolute Gasteiger partial charge is 0.251 e. The average molecular weight is 431 g/mol. The molecule has 1 fully saturated rings. The van der Waals surface area contributed by atoms with E-state index in [-0.39, 0.29) is 5.91 Å². The zero-order valence-corrected chi connectivity index (χ0v) is 17.7. The van der Waals surface area contributed by atoms with Gasteiger partial charge < -0.3 is 35.2 Å². The molecule has 0 aromatic heterocycles. The molecule has 8 nitrogen and oxygen atoms in total. The van der Waals surface area contributed by atoms with Crippen LogP contribution in [-0.2, 0) is 4.74 Å². The number of nitrogens with one attached hydrogen (secondary N) is 1. The molecule has 1 aliphatic heterocycles. The molecular weight excluding hydrogens is 402 g/mol. The van der Waals surface area contributed by atoms with Gasteiger partial charge in [0.2, 0.25) is 6.29 Å². The van der Waals surface area contributed by atoms with E-state index < -0.39 is 43.2 Å². The van der Waals surface area contributed by atoms with Crippen LogP contribution in [0.2, 0.25) is 0 Å². The van der Waals surface area contributed by atoms with Gasteiger partial charge in [-0.25, -0.2) is 0 Å². The molecular formula is C23H29NO7. The first-order chi connectivity index (χ1) is 14.8. The van der Waals surface area contributed by atoms with Crippen LogP contribution in [0, 0.1) is 12.8 Å². The normalized spacial score (nSPS) is 26.9. The summed E-state index contributed by atoms with van der Waals surface area (Å²) < 4.78 is 11.5. The van der Waals surface area contributed by atoms with Crippen LogP contribution in [-0.4, -0.2) is 70.7 Å². The van der Waals surface area contributed by atoms with Gasteiger partial charge in [-0.3, -0.25) is 4.79 Å². The summed E-state index contributed by atoms with van der Waals surface area (Å²) in [5.74, 6) is -0.561. The highest BCUT2D eigenvalue weighted by Crippen LogP contribution is 2.32. The molecule has 1 heterocycles. The summed E-state index contributed by atoms with van der Waals surface area (Å²) in [5, 5.41) is 42.8. The number of carbonyl (C=O) groups excluding carboxylic acids is 1. The number of aliphatic hydroxyl groups excluding tert-OH is 4. The molecule has 2 aromatic rings. The van der Waals surface area contributed by atoms with Crippen molar-refractivity contribution >= 4 is 5.91 Å². The van der Waals surface area contributed by atoms with Crippen LogP contribution in [0.15, 0.2) is 42.5 Å². The molecule has 5 N–H and O–H groups in total. The number of carbonyl (C=O) groups is 1. The van der Waals surface area contributed by atoms with Crippen molar-refractivity contribution in [1.29, 1.82) is 0 Å². The van der Waals surface area contributed by atoms with Crippen molar-refractivity contribution in [2.24, 2.45) is 5.92 Å². The lowest BCUT2D eigenvalue weighted by molar-refractivity contribution is -0.277. The fourth-order valence-electron chi connectivity index (χ4n) is 3.80. The van der Waals surface area contributed by atoms with E-state index in [2.05, 4.69) is 5.32 Å². The third-order valence-electron chi connectivity index (χ3n) is 5.57. The highest BCUT2D eigenvalue weighted by atomic mass is 16.7. The largest absolute Gasteiger partial charge is 0.462 e. The van der Waals surface area contributed by atoms with Crippen molar-refractivity contribution in [2.45, 2.75) is 44.6 Å². The lowest BCUT2D eigenvalue weighted by Crippen LogP contribution is -2.59. The van der Waals surface area contributed by atoms with Crippen LogP contribution in [0.25, 0.3) is 11.1 Å². The molecule has 0 radical (unpaired) electrons. The maximum atomic E-state index is 11.9. The highest BCUT2D eigenvalue weighted by Gasteiger charge is 2.47. The quantitative estimate of drug-likeness (QED) is 0.458. The Bertz CT molecular complexity index is 917. The SMILES string of the molecule is CNC(=O)c1cccc(-c2ccc(O[C@H]3O[C@H]([C@H](C)O)[C@@H](CO)[C@H](O)[C@@H]3O)c(C)c2)c1. The topological polar surface area (TPSA) is 128 Å². The van der Waals surface area contributed by atoms with E-state index in [4.69, 9.17) is 9.47 Å². The number of hydrogen-bond donors (Lipinski definition) is 5. The van der Waals surface area contributed by atoms with E-state index in [1.807, 2.05) is 25.1 Å². The van der Waals surface area contributed by atoms with E-state index in [9.17, 15) is 25.2 Å². The molecule has 1 aliphatic rings. The van der Waals surface area contributed by atoms with E-state index in [1.165, 1.54) is 6.92 Å². The van der Waals surface area contributed by atoms with Crippen molar-refractivity contribution in [3.63, 3.8) is 0 Å². The third kappa shape index (κ3) is 4.89. The maximum Gasteiger partial charge on any atom is 0.251 e. The molecule has 0 spiro atoms. The predicted octanol–water partition coefficient (Wildman–Crippen LogP) is 0.836. The second kappa shape index (κ2) is 9.76. The molecule has 0 saturated carbocycles. The summed E-state index contributed by atoms with van der Waals surface area (Å²) in [4.78, 5) is 11.9. The summed E-state index contributed by atoms with van der Waals surface area (Å²) in [6.45, 7) is 2.88. The minimum absolute atomic E-state index is 0.172. The second-order valence-corrected chi connectivity index (χ2v) is 7.80. The first-order valence-electron chi connectivity index (χ1n) is 10.2. The number of aliphatic hydroxyl groups is 4. The number of hydrogen-bond acceptors (Lipinski definition) is 7. The fourth-order valence-corrected chi connectivity index (χ4v) is 3.80. The van der Waals surface area contributed by atoms with E-state index in [0.29, 0.717) is 11.3 Å². The molecule has 31 heavy (non-hydrogen) atoms. The number of rotatable bonds is 6. The van der Waals surface area contributed by atoms with E-state index in [1.54, 1.807) is 31.3 Å². The number of amides is 1. The summed E-state index contributed by atoms with van der Waals surface area (Å²) in [6, 6.07) is 12.6. The van der Waals surface area contributed by atoms with Crippen molar-refractivity contribution in [1.82, 2.24) is 5.32 Å². The van der Waals surface area contributed by atoms with Crippen LogP contribution in [0.4, 0.5) is 0 Å². The summed E-state index contributed by atoms with van der Waals surface area (Å²) in [6.07, 6.45) is -5.77. The lowest BCUT2D eigenvalue weighted by Gasteiger charge is -2.43. The van der Waals surface area contributed by atoms with Gasteiger partial charge >= 0.3 is 0 Å². The lowest BCUT2D eigenvalue weighted by atomic mass is 9.87. The van der Waals surface area contributed by atoms with Gasteiger partial charge in [-0.2, -0.15) is 0 Å². The molecule has 0 bridgehead atoms. The molecule has 6 atom stereocenters. The second-order valence-electron chi connectivity index (χ2n) is 7.80. The number of benzene rings is 2. The molecule has 8 heteroatoms. The first-order valence-corrected chi connectivity index (χ1v) is 10.2. The van der Waals surface area contributed by atoms with Gasteiger partial charge in [0.1, 0.15) is 11.9 Å². The average Bonchev–Trinajstić information content (AvgIpc) is 2.77. The Labute approximate surface area is 181 Å². The molecule has 1 saturated heterocycles. The molecule has 3 rings (SSSR count). The van der Waals surface area contributed by atoms with E-state index >= 15 is 0 Å². The Balaban J connectivity index is 1.81.